The summed E-state index contributed by atoms with van der Waals surface area (Å²) >= 11 is 3.31. The quantitative estimate of drug-likeness (QED) is 0.685. The molecule has 0 aliphatic heterocycles. The summed E-state index contributed by atoms with van der Waals surface area (Å²) in [6.07, 6.45) is 1.80. The van der Waals surface area contributed by atoms with Gasteiger partial charge in [0, 0.05) is 10.5 Å². The third kappa shape index (κ3) is 3.42. The summed E-state index contributed by atoms with van der Waals surface area (Å²) in [4.78, 5) is 22.1. The number of methoxy groups -OCH3 is 1. The van der Waals surface area contributed by atoms with Gasteiger partial charge in [-0.1, -0.05) is 15.9 Å². The van der Waals surface area contributed by atoms with Gasteiger partial charge in [0.15, 0.2) is 5.78 Å². The Morgan fingerprint density at radius 2 is 2.00 bits per heavy atom. The van der Waals surface area contributed by atoms with E-state index in [2.05, 4.69) is 15.9 Å². The average Bonchev–Trinajstić information content (AvgIpc) is 2.28. The molecule has 0 unspecified atom stereocenters. The third-order valence-electron chi connectivity index (χ3n) is 2.12. The zero-order valence-corrected chi connectivity index (χ0v) is 10.9. The summed E-state index contributed by atoms with van der Waals surface area (Å²) in [5.41, 5.74) is 1.25. The number of ether oxygens (including phenoxy) is 1. The van der Waals surface area contributed by atoms with Gasteiger partial charge in [-0.05, 0) is 30.7 Å². The molecule has 0 aliphatic carbocycles. The molecule has 90 valence electrons. The second kappa shape index (κ2) is 5.63. The molecule has 0 bridgehead atoms. The van der Waals surface area contributed by atoms with E-state index in [-0.39, 0.29) is 0 Å². The summed E-state index contributed by atoms with van der Waals surface area (Å²) in [5.74, 6) is -1.15. The van der Waals surface area contributed by atoms with Gasteiger partial charge in [0.25, 0.3) is 0 Å². The number of allylic oxidation sites excluding steroid dienone is 1. The lowest BCUT2D eigenvalue weighted by Gasteiger charge is -2.08. The first-order valence-electron chi connectivity index (χ1n) is 4.75. The molecule has 0 amide bonds. The first kappa shape index (κ1) is 13.4. The van der Waals surface area contributed by atoms with Gasteiger partial charge in [0.2, 0.25) is 0 Å². The van der Waals surface area contributed by atoms with E-state index in [0.29, 0.717) is 11.3 Å². The smallest absolute Gasteiger partial charge is 0.328 e. The number of hydrogen-bond acceptors (Lipinski definition) is 3. The van der Waals surface area contributed by atoms with Crippen LogP contribution in [-0.4, -0.2) is 24.0 Å². The topological polar surface area (TPSA) is 63.6 Å². The predicted octanol–water partition coefficient (Wildman–Crippen LogP) is 2.59. The molecule has 0 atom stereocenters. The van der Waals surface area contributed by atoms with Crippen molar-refractivity contribution in [3.05, 3.63) is 39.9 Å². The number of halogens is 1. The Balaban J connectivity index is 3.16. The van der Waals surface area contributed by atoms with Crippen LogP contribution >= 0.6 is 15.9 Å². The van der Waals surface area contributed by atoms with Gasteiger partial charge in [-0.3, -0.25) is 4.79 Å². The summed E-state index contributed by atoms with van der Waals surface area (Å²) in [6, 6.07) is 3.33. The maximum Gasteiger partial charge on any atom is 0.328 e. The van der Waals surface area contributed by atoms with Crippen molar-refractivity contribution in [2.24, 2.45) is 0 Å². The van der Waals surface area contributed by atoms with Crippen molar-refractivity contribution < 1.29 is 19.4 Å². The molecule has 1 aromatic carbocycles. The van der Waals surface area contributed by atoms with Crippen molar-refractivity contribution in [2.75, 3.05) is 7.11 Å². The van der Waals surface area contributed by atoms with E-state index in [1.165, 1.54) is 7.11 Å². The number of ketones is 1. The zero-order chi connectivity index (χ0) is 13.0. The Hall–Kier alpha value is -1.62. The van der Waals surface area contributed by atoms with E-state index in [1.807, 2.05) is 6.92 Å². The Bertz CT molecular complexity index is 492. The van der Waals surface area contributed by atoms with Crippen LogP contribution in [0.2, 0.25) is 0 Å². The van der Waals surface area contributed by atoms with Crippen LogP contribution in [0.3, 0.4) is 0 Å². The van der Waals surface area contributed by atoms with Gasteiger partial charge in [-0.2, -0.15) is 0 Å². The Kier molecular flexibility index (Phi) is 4.45. The number of benzene rings is 1. The normalized spacial score (nSPS) is 10.5. The lowest BCUT2D eigenvalue weighted by atomic mass is 10.1. The molecule has 0 heterocycles. The molecule has 4 nitrogen and oxygen atoms in total. The summed E-state index contributed by atoms with van der Waals surface area (Å²) < 4.78 is 5.85. The molecule has 0 saturated heterocycles. The molecule has 1 aromatic rings. The molecule has 0 radical (unpaired) electrons. The van der Waals surface area contributed by atoms with Crippen LogP contribution in [0.25, 0.3) is 0 Å². The van der Waals surface area contributed by atoms with E-state index in [4.69, 9.17) is 9.84 Å². The SMILES string of the molecule is COc1cc(C)c(Br)cc1C(=O)C=CC(=O)O. The molecular weight excluding hydrogens is 288 g/mol. The van der Waals surface area contributed by atoms with Crippen LogP contribution in [0.5, 0.6) is 5.75 Å². The number of carbonyl (C=O) groups is 2. The highest BCUT2D eigenvalue weighted by atomic mass is 79.9. The Labute approximate surface area is 107 Å². The van der Waals surface area contributed by atoms with E-state index in [0.717, 1.165) is 22.2 Å². The van der Waals surface area contributed by atoms with E-state index in [9.17, 15) is 9.59 Å². The van der Waals surface area contributed by atoms with Crippen molar-refractivity contribution in [2.45, 2.75) is 6.92 Å². The second-order valence-electron chi connectivity index (χ2n) is 3.34. The van der Waals surface area contributed by atoms with Gasteiger partial charge in [0.05, 0.1) is 12.7 Å². The number of aryl methyl sites for hydroxylation is 1. The molecule has 0 saturated carbocycles. The van der Waals surface area contributed by atoms with Crippen molar-refractivity contribution >= 4 is 27.7 Å². The fourth-order valence-electron chi connectivity index (χ4n) is 1.25. The number of carboxylic acids is 1. The summed E-state index contributed by atoms with van der Waals surface area (Å²) in [5, 5.41) is 8.45. The van der Waals surface area contributed by atoms with E-state index in [1.54, 1.807) is 12.1 Å². The van der Waals surface area contributed by atoms with Crippen LogP contribution in [0.1, 0.15) is 15.9 Å². The molecule has 1 N–H and O–H groups in total. The van der Waals surface area contributed by atoms with Crippen molar-refractivity contribution in [1.82, 2.24) is 0 Å². The van der Waals surface area contributed by atoms with Gasteiger partial charge in [0.1, 0.15) is 5.75 Å². The number of aliphatic carboxylic acids is 1. The molecular formula is C12H11BrO4. The molecule has 0 spiro atoms. The van der Waals surface area contributed by atoms with Crippen LogP contribution in [0, 0.1) is 6.92 Å². The van der Waals surface area contributed by atoms with Gasteiger partial charge in [-0.25, -0.2) is 4.79 Å². The summed E-state index contributed by atoms with van der Waals surface area (Å²) in [7, 11) is 1.46. The fourth-order valence-corrected chi connectivity index (χ4v) is 1.60. The first-order chi connectivity index (χ1) is 7.95. The maximum absolute atomic E-state index is 11.7. The molecule has 0 aromatic heterocycles. The van der Waals surface area contributed by atoms with Gasteiger partial charge in [-0.15, -0.1) is 0 Å². The number of hydrogen-bond donors (Lipinski definition) is 1. The first-order valence-corrected chi connectivity index (χ1v) is 5.54. The highest BCUT2D eigenvalue weighted by Crippen LogP contribution is 2.27. The van der Waals surface area contributed by atoms with Crippen molar-refractivity contribution in [3.63, 3.8) is 0 Å². The standard InChI is InChI=1S/C12H11BrO4/c1-7-5-11(17-2)8(6-9(7)13)10(14)3-4-12(15)16/h3-6H,1-2H3,(H,15,16). The average molecular weight is 299 g/mol. The molecule has 0 aliphatic rings. The number of rotatable bonds is 4. The van der Waals surface area contributed by atoms with Gasteiger partial charge >= 0.3 is 5.97 Å². The van der Waals surface area contributed by atoms with Gasteiger partial charge < -0.3 is 9.84 Å². The van der Waals surface area contributed by atoms with E-state index < -0.39 is 11.8 Å². The lowest BCUT2D eigenvalue weighted by molar-refractivity contribution is -0.131. The maximum atomic E-state index is 11.7. The van der Waals surface area contributed by atoms with Crippen LogP contribution in [-0.2, 0) is 4.79 Å². The largest absolute Gasteiger partial charge is 0.496 e. The minimum Gasteiger partial charge on any atom is -0.496 e. The fraction of sp³-hybridized carbons (Fsp3) is 0.167. The molecule has 5 heteroatoms. The monoisotopic (exact) mass is 298 g/mol. The Morgan fingerprint density at radius 3 is 2.53 bits per heavy atom. The van der Waals surface area contributed by atoms with Crippen LogP contribution in [0.15, 0.2) is 28.8 Å². The van der Waals surface area contributed by atoms with Crippen molar-refractivity contribution in [3.8, 4) is 5.75 Å². The predicted molar refractivity (Wildman–Crippen MR) is 66.5 cm³/mol. The molecule has 1 rings (SSSR count). The number of carbonyl (C=O) groups excluding carboxylic acids is 1. The van der Waals surface area contributed by atoms with Crippen LogP contribution < -0.4 is 4.74 Å². The van der Waals surface area contributed by atoms with E-state index >= 15 is 0 Å². The minimum atomic E-state index is -1.16. The van der Waals surface area contributed by atoms with Crippen LogP contribution in [0.4, 0.5) is 0 Å². The Morgan fingerprint density at radius 1 is 1.35 bits per heavy atom. The zero-order valence-electron chi connectivity index (χ0n) is 9.36. The summed E-state index contributed by atoms with van der Waals surface area (Å²) in [6.45, 7) is 1.87. The second-order valence-corrected chi connectivity index (χ2v) is 4.19. The molecule has 17 heavy (non-hydrogen) atoms. The number of carboxylic acid groups (broad SMARTS) is 1. The molecule has 0 fully saturated rings. The highest BCUT2D eigenvalue weighted by molar-refractivity contribution is 9.10. The minimum absolute atomic E-state index is 0.322. The lowest BCUT2D eigenvalue weighted by Crippen LogP contribution is -2.01. The third-order valence-corrected chi connectivity index (χ3v) is 2.98. The van der Waals surface area contributed by atoms with Crippen molar-refractivity contribution in [1.29, 1.82) is 0 Å². The highest BCUT2D eigenvalue weighted by Gasteiger charge is 2.12.